The molecule has 0 aromatic heterocycles. The molecule has 3 N–H and O–H groups in total. The Morgan fingerprint density at radius 3 is 1.56 bits per heavy atom. The van der Waals surface area contributed by atoms with Gasteiger partial charge >= 0.3 is 0 Å². The van der Waals surface area contributed by atoms with Crippen LogP contribution in [0.4, 0.5) is 0 Å². The third-order valence-corrected chi connectivity index (χ3v) is 3.55. The Morgan fingerprint density at radius 2 is 1.12 bits per heavy atom. The zero-order valence-corrected chi connectivity index (χ0v) is 12.2. The maximum Gasteiger partial charge on any atom is -0.0391 e. The van der Waals surface area contributed by atoms with Gasteiger partial charge in [-0.3, -0.25) is 0 Å². The van der Waals surface area contributed by atoms with Crippen LogP contribution in [0, 0.1) is 11.8 Å². The predicted octanol–water partition coefficient (Wildman–Crippen LogP) is 5.97. The van der Waals surface area contributed by atoms with Crippen LogP contribution in [-0.2, 0) is 0 Å². The summed E-state index contributed by atoms with van der Waals surface area (Å²) in [5, 5.41) is 0. The molecule has 0 aromatic carbocycles. The van der Waals surface area contributed by atoms with Gasteiger partial charge in [0.1, 0.15) is 0 Å². The first kappa shape index (κ1) is 18.3. The smallest absolute Gasteiger partial charge is 0.0391 e. The summed E-state index contributed by atoms with van der Waals surface area (Å²) in [6.45, 7) is 9.39. The van der Waals surface area contributed by atoms with E-state index in [4.69, 9.17) is 0 Å². The maximum atomic E-state index is 2.40. The lowest BCUT2D eigenvalue weighted by Gasteiger charge is -2.20. The van der Waals surface area contributed by atoms with E-state index in [1.165, 1.54) is 57.8 Å². The van der Waals surface area contributed by atoms with Crippen molar-refractivity contribution < 1.29 is 0 Å². The average molecular weight is 229 g/mol. The first-order valence-corrected chi connectivity index (χ1v) is 7.22. The normalized spacial score (nSPS) is 12.6. The average Bonchev–Trinajstić information content (AvgIpc) is 2.21. The topological polar surface area (TPSA) is 35.0 Å². The molecule has 100 valence electrons. The summed E-state index contributed by atoms with van der Waals surface area (Å²) in [5.74, 6) is 1.89. The monoisotopic (exact) mass is 229 g/mol. The van der Waals surface area contributed by atoms with Gasteiger partial charge in [0.25, 0.3) is 0 Å². The lowest BCUT2D eigenvalue weighted by molar-refractivity contribution is 0.314. The molecule has 0 bridgehead atoms. The molecule has 0 saturated carbocycles. The summed E-state index contributed by atoms with van der Waals surface area (Å²) < 4.78 is 0. The molecule has 0 fully saturated rings. The van der Waals surface area contributed by atoms with Crippen LogP contribution in [0.25, 0.3) is 0 Å². The van der Waals surface area contributed by atoms with E-state index in [9.17, 15) is 0 Å². The molecule has 0 aliphatic heterocycles. The second-order valence-corrected chi connectivity index (χ2v) is 5.35. The van der Waals surface area contributed by atoms with Crippen molar-refractivity contribution in [1.82, 2.24) is 6.15 Å². The number of hydrogen-bond acceptors (Lipinski definition) is 1. The molecule has 0 rings (SSSR count). The zero-order chi connectivity index (χ0) is 11.5. The van der Waals surface area contributed by atoms with Crippen LogP contribution in [0.5, 0.6) is 0 Å². The van der Waals surface area contributed by atoms with Crippen molar-refractivity contribution in [3.05, 3.63) is 0 Å². The van der Waals surface area contributed by atoms with E-state index in [1.807, 2.05) is 0 Å². The Morgan fingerprint density at radius 1 is 0.688 bits per heavy atom. The minimum absolute atomic E-state index is 0. The summed E-state index contributed by atoms with van der Waals surface area (Å²) in [6, 6.07) is 0. The van der Waals surface area contributed by atoms with E-state index in [-0.39, 0.29) is 6.15 Å². The molecule has 1 heteroatoms. The summed E-state index contributed by atoms with van der Waals surface area (Å²) in [5.41, 5.74) is 0. The predicted molar refractivity (Wildman–Crippen MR) is 76.3 cm³/mol. The van der Waals surface area contributed by atoms with Gasteiger partial charge in [-0.25, -0.2) is 0 Å². The minimum atomic E-state index is 0. The molecule has 0 saturated heterocycles. The van der Waals surface area contributed by atoms with E-state index < -0.39 is 0 Å². The van der Waals surface area contributed by atoms with Gasteiger partial charge in [0.05, 0.1) is 0 Å². The molecule has 16 heavy (non-hydrogen) atoms. The van der Waals surface area contributed by atoms with Crippen LogP contribution in [-0.4, -0.2) is 0 Å². The van der Waals surface area contributed by atoms with Gasteiger partial charge in [-0.15, -0.1) is 0 Å². The minimum Gasteiger partial charge on any atom is -0.344 e. The van der Waals surface area contributed by atoms with E-state index in [2.05, 4.69) is 27.7 Å². The highest BCUT2D eigenvalue weighted by molar-refractivity contribution is 4.63. The molecular weight excluding hydrogens is 194 g/mol. The Balaban J connectivity index is 0. The van der Waals surface area contributed by atoms with Gasteiger partial charge in [0.15, 0.2) is 0 Å². The van der Waals surface area contributed by atoms with Crippen LogP contribution in [0.2, 0.25) is 0 Å². The van der Waals surface area contributed by atoms with E-state index in [0.717, 1.165) is 11.8 Å². The summed E-state index contributed by atoms with van der Waals surface area (Å²) in [6.07, 6.45) is 12.9. The van der Waals surface area contributed by atoms with Gasteiger partial charge < -0.3 is 6.15 Å². The summed E-state index contributed by atoms with van der Waals surface area (Å²) >= 11 is 0. The standard InChI is InChI=1S/C15H32.H3N/c1-5-7-9-11-13-15(14(3)4)12-10-8-6-2;/h14-15H,5-13H2,1-4H3;1H3. The van der Waals surface area contributed by atoms with E-state index in [0.29, 0.717) is 0 Å². The molecule has 1 unspecified atom stereocenters. The van der Waals surface area contributed by atoms with Crippen LogP contribution in [0.3, 0.4) is 0 Å². The first-order valence-electron chi connectivity index (χ1n) is 7.22. The van der Waals surface area contributed by atoms with E-state index in [1.54, 1.807) is 0 Å². The second kappa shape index (κ2) is 13.0. The van der Waals surface area contributed by atoms with Crippen molar-refractivity contribution in [2.75, 3.05) is 0 Å². The van der Waals surface area contributed by atoms with Crippen LogP contribution >= 0.6 is 0 Å². The van der Waals surface area contributed by atoms with Crippen molar-refractivity contribution in [1.29, 1.82) is 0 Å². The molecule has 0 radical (unpaired) electrons. The quantitative estimate of drug-likeness (QED) is 0.460. The summed E-state index contributed by atoms with van der Waals surface area (Å²) in [7, 11) is 0. The summed E-state index contributed by atoms with van der Waals surface area (Å²) in [4.78, 5) is 0. The van der Waals surface area contributed by atoms with Crippen LogP contribution in [0.1, 0.15) is 85.5 Å². The molecule has 0 aliphatic rings. The van der Waals surface area contributed by atoms with Crippen LogP contribution < -0.4 is 6.15 Å². The SMILES string of the molecule is CCCCCCC(CCCCC)C(C)C.N. The molecule has 1 atom stereocenters. The number of rotatable bonds is 10. The van der Waals surface area contributed by atoms with Gasteiger partial charge in [-0.1, -0.05) is 85.5 Å². The fourth-order valence-corrected chi connectivity index (χ4v) is 2.30. The molecule has 0 spiro atoms. The highest BCUT2D eigenvalue weighted by Crippen LogP contribution is 2.24. The molecule has 0 heterocycles. The zero-order valence-electron chi connectivity index (χ0n) is 12.2. The Bertz CT molecular complexity index is 121. The van der Waals surface area contributed by atoms with E-state index >= 15 is 0 Å². The van der Waals surface area contributed by atoms with Crippen molar-refractivity contribution in [3.8, 4) is 0 Å². The van der Waals surface area contributed by atoms with Crippen LogP contribution in [0.15, 0.2) is 0 Å². The lowest BCUT2D eigenvalue weighted by Crippen LogP contribution is -2.08. The molecule has 0 aromatic rings. The molecule has 0 amide bonds. The molecule has 0 aliphatic carbocycles. The Labute approximate surface area is 104 Å². The van der Waals surface area contributed by atoms with Crippen molar-refractivity contribution in [3.63, 3.8) is 0 Å². The van der Waals surface area contributed by atoms with Gasteiger partial charge in [-0.2, -0.15) is 0 Å². The first-order chi connectivity index (χ1) is 7.22. The fourth-order valence-electron chi connectivity index (χ4n) is 2.30. The van der Waals surface area contributed by atoms with Crippen molar-refractivity contribution in [2.45, 2.75) is 85.5 Å². The van der Waals surface area contributed by atoms with Gasteiger partial charge in [-0.05, 0) is 11.8 Å². The third-order valence-electron chi connectivity index (χ3n) is 3.55. The second-order valence-electron chi connectivity index (χ2n) is 5.35. The maximum absolute atomic E-state index is 2.40. The largest absolute Gasteiger partial charge is 0.344 e. The number of unbranched alkanes of at least 4 members (excludes halogenated alkanes) is 5. The number of hydrogen-bond donors (Lipinski definition) is 1. The highest BCUT2D eigenvalue weighted by atomic mass is 14.2. The highest BCUT2D eigenvalue weighted by Gasteiger charge is 2.12. The molecule has 1 nitrogen and oxygen atoms in total. The van der Waals surface area contributed by atoms with Crippen molar-refractivity contribution >= 4 is 0 Å². The third kappa shape index (κ3) is 10.5. The van der Waals surface area contributed by atoms with Gasteiger partial charge in [0, 0.05) is 0 Å². The van der Waals surface area contributed by atoms with Gasteiger partial charge in [0.2, 0.25) is 0 Å². The van der Waals surface area contributed by atoms with Crippen molar-refractivity contribution in [2.24, 2.45) is 11.8 Å². The Hall–Kier alpha value is -0.0400. The Kier molecular flexibility index (Phi) is 14.9. The fraction of sp³-hybridized carbons (Fsp3) is 1.00. The lowest BCUT2D eigenvalue weighted by atomic mass is 9.86. The molecular formula is C15H35N.